The van der Waals surface area contributed by atoms with Crippen molar-refractivity contribution in [3.8, 4) is 0 Å². The molecule has 0 bridgehead atoms. The zero-order valence-corrected chi connectivity index (χ0v) is 11.3. The summed E-state index contributed by atoms with van der Waals surface area (Å²) in [4.78, 5) is 13.4. The summed E-state index contributed by atoms with van der Waals surface area (Å²) in [6.07, 6.45) is 2.80. The second-order valence-electron chi connectivity index (χ2n) is 3.91. The summed E-state index contributed by atoms with van der Waals surface area (Å²) >= 11 is 3.28. The number of carbonyl (C=O) groups excluding carboxylic acids is 1. The van der Waals surface area contributed by atoms with Crippen LogP contribution in [0.1, 0.15) is 15.9 Å². The first-order valence-corrected chi connectivity index (χ1v) is 6.09. The number of nitrogens with zero attached hydrogens (tertiary/aromatic N) is 1. The third-order valence-electron chi connectivity index (χ3n) is 2.53. The van der Waals surface area contributed by atoms with E-state index in [1.54, 1.807) is 25.2 Å². The van der Waals surface area contributed by atoms with Crippen LogP contribution in [0.5, 0.6) is 0 Å². The second kappa shape index (κ2) is 5.35. The lowest BCUT2D eigenvalue weighted by atomic mass is 10.2. The minimum Gasteiger partial charge on any atom is -0.472 e. The lowest BCUT2D eigenvalue weighted by Crippen LogP contribution is -2.26. The van der Waals surface area contributed by atoms with Gasteiger partial charge in [-0.3, -0.25) is 4.79 Å². The number of rotatable bonds is 3. The summed E-state index contributed by atoms with van der Waals surface area (Å²) < 4.78 is 19.2. The van der Waals surface area contributed by atoms with Gasteiger partial charge in [0.05, 0.1) is 11.8 Å². The Morgan fingerprint density at radius 1 is 1.44 bits per heavy atom. The van der Waals surface area contributed by atoms with E-state index >= 15 is 0 Å². The molecular formula is C13H11BrFNO2. The molecule has 3 nitrogen and oxygen atoms in total. The monoisotopic (exact) mass is 311 g/mol. The van der Waals surface area contributed by atoms with Crippen molar-refractivity contribution < 1.29 is 13.6 Å². The summed E-state index contributed by atoms with van der Waals surface area (Å²) in [5.74, 6) is -0.534. The maximum atomic E-state index is 13.6. The Morgan fingerprint density at radius 3 is 2.89 bits per heavy atom. The van der Waals surface area contributed by atoms with Crippen molar-refractivity contribution in [3.63, 3.8) is 0 Å². The van der Waals surface area contributed by atoms with Crippen LogP contribution in [-0.2, 0) is 6.54 Å². The van der Waals surface area contributed by atoms with E-state index in [1.807, 2.05) is 0 Å². The smallest absolute Gasteiger partial charge is 0.257 e. The molecule has 5 heteroatoms. The zero-order valence-electron chi connectivity index (χ0n) is 9.69. The molecular weight excluding hydrogens is 301 g/mol. The fourth-order valence-electron chi connectivity index (χ4n) is 1.60. The number of hydrogen-bond donors (Lipinski definition) is 0. The Morgan fingerprint density at radius 2 is 2.22 bits per heavy atom. The van der Waals surface area contributed by atoms with Crippen LogP contribution < -0.4 is 0 Å². The minimum absolute atomic E-state index is 0.204. The predicted molar refractivity (Wildman–Crippen MR) is 68.6 cm³/mol. The molecule has 0 spiro atoms. The average Bonchev–Trinajstić information content (AvgIpc) is 2.86. The van der Waals surface area contributed by atoms with Crippen LogP contribution >= 0.6 is 15.9 Å². The molecule has 0 saturated heterocycles. The fourth-order valence-corrected chi connectivity index (χ4v) is 2.01. The van der Waals surface area contributed by atoms with Gasteiger partial charge in [-0.2, -0.15) is 0 Å². The molecule has 94 valence electrons. The van der Waals surface area contributed by atoms with Gasteiger partial charge in [0.15, 0.2) is 0 Å². The lowest BCUT2D eigenvalue weighted by molar-refractivity contribution is 0.0783. The maximum Gasteiger partial charge on any atom is 0.257 e. The molecule has 0 unspecified atom stereocenters. The largest absolute Gasteiger partial charge is 0.472 e. The molecule has 0 radical (unpaired) electrons. The van der Waals surface area contributed by atoms with E-state index in [1.165, 1.54) is 23.5 Å². The third kappa shape index (κ3) is 2.79. The van der Waals surface area contributed by atoms with Crippen molar-refractivity contribution in [1.82, 2.24) is 4.90 Å². The second-order valence-corrected chi connectivity index (χ2v) is 4.82. The summed E-state index contributed by atoms with van der Waals surface area (Å²) in [6.45, 7) is 0.204. The normalized spacial score (nSPS) is 10.4. The number of carbonyl (C=O) groups is 1. The minimum atomic E-state index is -0.329. The van der Waals surface area contributed by atoms with Crippen LogP contribution in [0.4, 0.5) is 4.39 Å². The molecule has 0 saturated carbocycles. The van der Waals surface area contributed by atoms with E-state index in [9.17, 15) is 9.18 Å². The van der Waals surface area contributed by atoms with E-state index in [2.05, 4.69) is 15.9 Å². The van der Waals surface area contributed by atoms with Crippen molar-refractivity contribution in [2.24, 2.45) is 0 Å². The highest BCUT2D eigenvalue weighted by Crippen LogP contribution is 2.17. The summed E-state index contributed by atoms with van der Waals surface area (Å²) in [6, 6.07) is 6.23. The SMILES string of the molecule is CN(Cc1cc(Br)ccc1F)C(=O)c1ccoc1. The van der Waals surface area contributed by atoms with Crippen molar-refractivity contribution in [1.29, 1.82) is 0 Å². The molecule has 1 amide bonds. The van der Waals surface area contributed by atoms with Gasteiger partial charge in [-0.1, -0.05) is 15.9 Å². The van der Waals surface area contributed by atoms with Crippen molar-refractivity contribution >= 4 is 21.8 Å². The van der Waals surface area contributed by atoms with Crippen LogP contribution in [0.2, 0.25) is 0 Å². The highest BCUT2D eigenvalue weighted by atomic mass is 79.9. The van der Waals surface area contributed by atoms with Crippen LogP contribution in [0.3, 0.4) is 0 Å². The molecule has 0 fully saturated rings. The van der Waals surface area contributed by atoms with Crippen molar-refractivity contribution in [3.05, 3.63) is 58.2 Å². The van der Waals surface area contributed by atoms with E-state index in [4.69, 9.17) is 4.42 Å². The first kappa shape index (κ1) is 12.8. The summed E-state index contributed by atoms with van der Waals surface area (Å²) in [5.41, 5.74) is 0.914. The Labute approximate surface area is 112 Å². The van der Waals surface area contributed by atoms with Crippen LogP contribution in [0.25, 0.3) is 0 Å². The van der Waals surface area contributed by atoms with Gasteiger partial charge in [0.25, 0.3) is 5.91 Å². The van der Waals surface area contributed by atoms with Gasteiger partial charge in [-0.25, -0.2) is 4.39 Å². The van der Waals surface area contributed by atoms with Gasteiger partial charge in [0, 0.05) is 23.6 Å². The Kier molecular flexibility index (Phi) is 3.81. The Balaban J connectivity index is 2.14. The number of amides is 1. The zero-order chi connectivity index (χ0) is 13.1. The van der Waals surface area contributed by atoms with Crippen LogP contribution in [0, 0.1) is 5.82 Å². The molecule has 0 N–H and O–H groups in total. The highest BCUT2D eigenvalue weighted by molar-refractivity contribution is 9.10. The summed E-state index contributed by atoms with van der Waals surface area (Å²) in [5, 5.41) is 0. The molecule has 2 rings (SSSR count). The van der Waals surface area contributed by atoms with Crippen molar-refractivity contribution in [2.75, 3.05) is 7.05 Å². The first-order valence-electron chi connectivity index (χ1n) is 5.29. The lowest BCUT2D eigenvalue weighted by Gasteiger charge is -2.16. The van der Waals surface area contributed by atoms with Gasteiger partial charge in [0.1, 0.15) is 12.1 Å². The Hall–Kier alpha value is -1.62. The molecule has 2 aromatic rings. The standard InChI is InChI=1S/C13H11BrFNO2/c1-16(13(17)9-4-5-18-8-9)7-10-6-11(14)2-3-12(10)15/h2-6,8H,7H2,1H3. The van der Waals surface area contributed by atoms with E-state index in [0.717, 1.165) is 4.47 Å². The average molecular weight is 312 g/mol. The Bertz CT molecular complexity index is 554. The number of furan rings is 1. The molecule has 18 heavy (non-hydrogen) atoms. The van der Waals surface area contributed by atoms with Gasteiger partial charge in [-0.05, 0) is 24.3 Å². The summed E-state index contributed by atoms with van der Waals surface area (Å²) in [7, 11) is 1.62. The topological polar surface area (TPSA) is 33.5 Å². The first-order chi connectivity index (χ1) is 8.58. The van der Waals surface area contributed by atoms with E-state index < -0.39 is 0 Å². The van der Waals surface area contributed by atoms with Gasteiger partial charge in [-0.15, -0.1) is 0 Å². The van der Waals surface area contributed by atoms with Gasteiger partial charge in [0.2, 0.25) is 0 Å². The third-order valence-corrected chi connectivity index (χ3v) is 3.02. The number of hydrogen-bond acceptors (Lipinski definition) is 2. The predicted octanol–water partition coefficient (Wildman–Crippen LogP) is 3.45. The quantitative estimate of drug-likeness (QED) is 0.870. The molecule has 0 aliphatic carbocycles. The van der Waals surface area contributed by atoms with Gasteiger partial charge < -0.3 is 9.32 Å². The van der Waals surface area contributed by atoms with Crippen LogP contribution in [0.15, 0.2) is 45.7 Å². The van der Waals surface area contributed by atoms with Crippen LogP contribution in [-0.4, -0.2) is 17.9 Å². The molecule has 1 aromatic carbocycles. The number of benzene rings is 1. The van der Waals surface area contributed by atoms with E-state index in [-0.39, 0.29) is 18.3 Å². The fraction of sp³-hybridized carbons (Fsp3) is 0.154. The maximum absolute atomic E-state index is 13.6. The molecule has 1 heterocycles. The van der Waals surface area contributed by atoms with Crippen molar-refractivity contribution in [2.45, 2.75) is 6.54 Å². The molecule has 0 atom stereocenters. The van der Waals surface area contributed by atoms with E-state index in [0.29, 0.717) is 11.1 Å². The molecule has 0 aliphatic heterocycles. The number of halogens is 2. The van der Waals surface area contributed by atoms with Gasteiger partial charge >= 0.3 is 0 Å². The molecule has 1 aromatic heterocycles. The molecule has 0 aliphatic rings. The highest BCUT2D eigenvalue weighted by Gasteiger charge is 2.14.